The highest BCUT2D eigenvalue weighted by Crippen LogP contribution is 2.32. The largest absolute Gasteiger partial charge is 0.323 e. The summed E-state index contributed by atoms with van der Waals surface area (Å²) in [6, 6.07) is 2.87. The summed E-state index contributed by atoms with van der Waals surface area (Å²) >= 11 is 1.43. The third-order valence-electron chi connectivity index (χ3n) is 5.76. The van der Waals surface area contributed by atoms with Crippen LogP contribution in [-0.2, 0) is 0 Å². The summed E-state index contributed by atoms with van der Waals surface area (Å²) in [5.41, 5.74) is 1.28. The number of rotatable bonds is 6. The number of amides is 2. The highest BCUT2D eigenvalue weighted by Gasteiger charge is 2.38. The van der Waals surface area contributed by atoms with Crippen molar-refractivity contribution in [2.75, 3.05) is 18.4 Å². The van der Waals surface area contributed by atoms with Crippen LogP contribution in [0.5, 0.6) is 0 Å². The first-order valence-electron chi connectivity index (χ1n) is 11.1. The molecule has 0 saturated carbocycles. The number of alkyl halides is 1. The number of halogens is 1. The maximum absolute atomic E-state index is 15.0. The van der Waals surface area contributed by atoms with Crippen molar-refractivity contribution in [3.05, 3.63) is 29.4 Å². The van der Waals surface area contributed by atoms with Crippen molar-refractivity contribution in [1.82, 2.24) is 30.4 Å². The first-order chi connectivity index (χ1) is 16.8. The van der Waals surface area contributed by atoms with E-state index in [2.05, 4.69) is 30.8 Å². The number of aromatic nitrogens is 4. The topological polar surface area (TPSA) is 95.9 Å². The highest BCUT2D eigenvalue weighted by molar-refractivity contribution is 7.14. The molecule has 36 heavy (non-hydrogen) atoms. The smallest absolute Gasteiger partial charge is 0.321 e. The first-order valence-corrected chi connectivity index (χ1v) is 11.9. The molecule has 1 saturated heterocycles. The van der Waals surface area contributed by atoms with Crippen LogP contribution in [0.3, 0.4) is 0 Å². The molecule has 0 unspecified atom stereocenters. The van der Waals surface area contributed by atoms with E-state index in [-0.39, 0.29) is 25.3 Å². The van der Waals surface area contributed by atoms with Crippen LogP contribution < -0.4 is 10.6 Å². The molecule has 2 atom stereocenters. The fraction of sp³-hybridized carbons (Fsp3) is 0.450. The van der Waals surface area contributed by atoms with E-state index < -0.39 is 34.5 Å². The molecule has 2 amide bonds. The van der Waals surface area contributed by atoms with E-state index in [0.29, 0.717) is 16.2 Å². The molecule has 0 aromatic carbocycles. The van der Waals surface area contributed by atoms with E-state index in [1.54, 1.807) is 12.3 Å². The van der Waals surface area contributed by atoms with Crippen molar-refractivity contribution in [2.45, 2.75) is 41.8 Å². The number of nitrogens with one attached hydrogen (secondary N) is 2. The van der Waals surface area contributed by atoms with Crippen LogP contribution in [0.4, 0.5) is 15.0 Å². The Morgan fingerprint density at radius 1 is 1.19 bits per heavy atom. The SMILES string of the molecule is [B]C([B])([B])C(N[C@H]1CCN(C(=O)Nc2cc3nc(-c4nnc(C)s4)ccc3cn2)C[C@@H]1F)C([B])([B])[B]. The van der Waals surface area contributed by atoms with Crippen molar-refractivity contribution >= 4 is 81.2 Å². The van der Waals surface area contributed by atoms with Crippen LogP contribution in [0.2, 0.25) is 10.2 Å². The Kier molecular flexibility index (Phi) is 7.57. The van der Waals surface area contributed by atoms with Crippen LogP contribution in [0.1, 0.15) is 11.4 Å². The zero-order valence-electron chi connectivity index (χ0n) is 19.6. The molecule has 1 aliphatic heterocycles. The number of carbonyl (C=O) groups is 1. The molecule has 170 valence electrons. The molecule has 2 N–H and O–H groups in total. The normalized spacial score (nSPS) is 19.0. The lowest BCUT2D eigenvalue weighted by Crippen LogP contribution is -2.60. The predicted molar refractivity (Wildman–Crippen MR) is 144 cm³/mol. The second-order valence-electron chi connectivity index (χ2n) is 8.97. The van der Waals surface area contributed by atoms with E-state index in [0.717, 1.165) is 10.4 Å². The van der Waals surface area contributed by atoms with Gasteiger partial charge in [-0.2, -0.15) is 0 Å². The van der Waals surface area contributed by atoms with Gasteiger partial charge < -0.3 is 10.2 Å². The van der Waals surface area contributed by atoms with E-state index in [1.807, 2.05) is 19.1 Å². The van der Waals surface area contributed by atoms with Gasteiger partial charge in [-0.25, -0.2) is 19.2 Å². The van der Waals surface area contributed by atoms with Crippen LogP contribution in [0.15, 0.2) is 24.4 Å². The fourth-order valence-corrected chi connectivity index (χ4v) is 4.67. The summed E-state index contributed by atoms with van der Waals surface area (Å²) in [4.78, 5) is 23.0. The van der Waals surface area contributed by atoms with E-state index in [4.69, 9.17) is 47.1 Å². The Labute approximate surface area is 220 Å². The Hall–Kier alpha value is -2.33. The zero-order valence-corrected chi connectivity index (χ0v) is 20.4. The number of urea groups is 1. The van der Waals surface area contributed by atoms with Gasteiger partial charge in [0.25, 0.3) is 0 Å². The summed E-state index contributed by atoms with van der Waals surface area (Å²) in [6.45, 7) is 1.88. The predicted octanol–water partition coefficient (Wildman–Crippen LogP) is 0.518. The minimum atomic E-state index is -1.89. The van der Waals surface area contributed by atoms with Gasteiger partial charge in [-0.05, 0) is 31.5 Å². The number of nitrogens with zero attached hydrogens (tertiary/aromatic N) is 5. The molecule has 0 aliphatic carbocycles. The zero-order chi connectivity index (χ0) is 26.3. The number of hydrogen-bond acceptors (Lipinski definition) is 7. The molecule has 1 fully saturated rings. The Balaban J connectivity index is 1.41. The first kappa shape index (κ1) is 26.7. The molecule has 4 heterocycles. The van der Waals surface area contributed by atoms with Gasteiger partial charge >= 0.3 is 6.03 Å². The molecule has 4 rings (SSSR count). The number of anilines is 1. The van der Waals surface area contributed by atoms with Gasteiger partial charge in [0.2, 0.25) is 0 Å². The molecule has 0 bridgehead atoms. The monoisotopic (exact) mass is 489 g/mol. The maximum Gasteiger partial charge on any atom is 0.323 e. The van der Waals surface area contributed by atoms with Crippen molar-refractivity contribution in [1.29, 1.82) is 0 Å². The van der Waals surface area contributed by atoms with Gasteiger partial charge in [-0.15, -0.1) is 20.4 Å². The average Bonchev–Trinajstić information content (AvgIpc) is 3.22. The number of piperidine rings is 1. The number of fused-ring (bicyclic) bond motifs is 1. The lowest BCUT2D eigenvalue weighted by molar-refractivity contribution is 0.116. The third kappa shape index (κ3) is 6.14. The number of carbonyl (C=O) groups excluding carboxylic acids is 1. The third-order valence-corrected chi connectivity index (χ3v) is 6.62. The van der Waals surface area contributed by atoms with Crippen LogP contribution in [0.25, 0.3) is 21.6 Å². The summed E-state index contributed by atoms with van der Waals surface area (Å²) in [5, 5.41) is 12.2. The van der Waals surface area contributed by atoms with Crippen molar-refractivity contribution in [3.8, 4) is 10.7 Å². The summed E-state index contributed by atoms with van der Waals surface area (Å²) in [7, 11) is 34.3. The second-order valence-corrected chi connectivity index (χ2v) is 10.2. The quantitative estimate of drug-likeness (QED) is 0.492. The molecule has 8 nitrogen and oxygen atoms in total. The molecule has 0 spiro atoms. The van der Waals surface area contributed by atoms with Gasteiger partial charge in [-0.3, -0.25) is 5.32 Å². The number of likely N-dealkylation sites (tertiary alicyclic amines) is 1. The Bertz CT molecular complexity index is 1240. The van der Waals surface area contributed by atoms with Crippen molar-refractivity contribution in [2.24, 2.45) is 0 Å². The molecular formula is C20H18B6FN7OS. The minimum Gasteiger partial charge on any atom is -0.321 e. The van der Waals surface area contributed by atoms with Crippen LogP contribution >= 0.6 is 11.3 Å². The van der Waals surface area contributed by atoms with Gasteiger partial charge in [0.15, 0.2) is 5.01 Å². The lowest BCUT2D eigenvalue weighted by Gasteiger charge is -2.48. The maximum atomic E-state index is 15.0. The van der Waals surface area contributed by atoms with Crippen LogP contribution in [0, 0.1) is 6.92 Å². The molecule has 3 aromatic heterocycles. The molecule has 16 heteroatoms. The van der Waals surface area contributed by atoms with E-state index in [9.17, 15) is 9.18 Å². The van der Waals surface area contributed by atoms with Crippen molar-refractivity contribution < 1.29 is 9.18 Å². The van der Waals surface area contributed by atoms with Gasteiger partial charge in [0.1, 0.15) is 22.7 Å². The van der Waals surface area contributed by atoms with E-state index in [1.165, 1.54) is 16.2 Å². The summed E-state index contributed by atoms with van der Waals surface area (Å²) < 4.78 is 15.0. The molecule has 3 aromatic rings. The van der Waals surface area contributed by atoms with Gasteiger partial charge in [0.05, 0.1) is 59.1 Å². The summed E-state index contributed by atoms with van der Waals surface area (Å²) in [6.07, 6.45) is 0.328. The fourth-order valence-electron chi connectivity index (χ4n) is 4.01. The Morgan fingerprint density at radius 2 is 1.92 bits per heavy atom. The van der Waals surface area contributed by atoms with Crippen LogP contribution in [-0.4, -0.2) is 110 Å². The van der Waals surface area contributed by atoms with Gasteiger partial charge in [0, 0.05) is 30.2 Å². The summed E-state index contributed by atoms with van der Waals surface area (Å²) in [5.74, 6) is 0.277. The minimum absolute atomic E-state index is 0.206. The average molecular weight is 488 g/mol. The van der Waals surface area contributed by atoms with E-state index >= 15 is 0 Å². The number of aryl methyl sites for hydroxylation is 1. The number of pyridine rings is 2. The Morgan fingerprint density at radius 3 is 2.53 bits per heavy atom. The standard InChI is InChI=1S/C20H18B6FN7OS/c1-9-32-33-16(36-9)13-3-2-10-7-28-15(6-14(10)29-13)31-18(35)34-5-4-12(11(27)8-34)30-17(19(21,22)23)20(24,25)26/h2-3,6-7,11-12,17,30H,4-5,8H2,1H3,(H,28,31,35)/t11-,12-/m0/s1. The second kappa shape index (κ2) is 10.2. The lowest BCUT2D eigenvalue weighted by atomic mass is 9.27. The van der Waals surface area contributed by atoms with Crippen molar-refractivity contribution in [3.63, 3.8) is 0 Å². The molecule has 1 aliphatic rings. The van der Waals surface area contributed by atoms with Gasteiger partial charge in [-0.1, -0.05) is 11.3 Å². The number of hydrogen-bond donors (Lipinski definition) is 2. The molecule has 12 radical (unpaired) electrons. The highest BCUT2D eigenvalue weighted by atomic mass is 32.1. The molecular weight excluding hydrogens is 470 g/mol.